The van der Waals surface area contributed by atoms with E-state index in [0.29, 0.717) is 5.56 Å². The van der Waals surface area contributed by atoms with Gasteiger partial charge in [0.2, 0.25) is 0 Å². The van der Waals surface area contributed by atoms with Crippen LogP contribution in [-0.4, -0.2) is 39.8 Å². The molecule has 0 bridgehead atoms. The molecule has 0 saturated carbocycles. The van der Waals surface area contributed by atoms with Crippen molar-refractivity contribution in [3.8, 4) is 0 Å². The Morgan fingerprint density at radius 2 is 2.04 bits per heavy atom. The highest BCUT2D eigenvalue weighted by Crippen LogP contribution is 2.36. The van der Waals surface area contributed by atoms with Crippen molar-refractivity contribution in [1.29, 1.82) is 0 Å². The molecule has 1 aromatic carbocycles. The fourth-order valence-electron chi connectivity index (χ4n) is 2.84. The number of amides is 1. The van der Waals surface area contributed by atoms with Gasteiger partial charge in [-0.05, 0) is 11.6 Å². The van der Waals surface area contributed by atoms with Crippen molar-refractivity contribution in [2.45, 2.75) is 24.7 Å². The second kappa shape index (κ2) is 6.37. The maximum atomic E-state index is 12.3. The van der Waals surface area contributed by atoms with Gasteiger partial charge in [-0.15, -0.1) is 0 Å². The van der Waals surface area contributed by atoms with Crippen LogP contribution in [0, 0.1) is 0 Å². The van der Waals surface area contributed by atoms with Gasteiger partial charge in [-0.3, -0.25) is 4.90 Å². The van der Waals surface area contributed by atoms with Crippen LogP contribution in [0.5, 0.6) is 0 Å². The molecule has 3 rings (SSSR count). The molecule has 1 aliphatic heterocycles. The Bertz CT molecular complexity index is 714. The number of hydrogen-bond acceptors (Lipinski definition) is 5. The number of hydrogen-bond donors (Lipinski definition) is 2. The van der Waals surface area contributed by atoms with Crippen molar-refractivity contribution in [3.63, 3.8) is 0 Å². The zero-order valence-electron chi connectivity index (χ0n) is 12.8. The van der Waals surface area contributed by atoms with E-state index < -0.39 is 23.7 Å². The molecule has 7 heteroatoms. The Morgan fingerprint density at radius 3 is 2.67 bits per heavy atom. The maximum Gasteiger partial charge on any atom is 0.410 e. The normalized spacial score (nSPS) is 23.2. The highest BCUT2D eigenvalue weighted by atomic mass is 16.6. The molecule has 1 saturated heterocycles. The van der Waals surface area contributed by atoms with Crippen LogP contribution < -0.4 is 0 Å². The van der Waals surface area contributed by atoms with E-state index in [2.05, 4.69) is 0 Å². The first-order valence-corrected chi connectivity index (χ1v) is 7.45. The number of carbonyl (C=O) groups excluding carboxylic acids is 1. The number of aliphatic carboxylic acids is 1. The van der Waals surface area contributed by atoms with Gasteiger partial charge in [-0.2, -0.15) is 0 Å². The van der Waals surface area contributed by atoms with E-state index in [0.717, 1.165) is 10.5 Å². The molecule has 126 valence electrons. The second-order valence-electron chi connectivity index (χ2n) is 5.77. The van der Waals surface area contributed by atoms with E-state index in [1.165, 1.54) is 12.5 Å². The van der Waals surface area contributed by atoms with Crippen LogP contribution in [0.4, 0.5) is 4.79 Å². The quantitative estimate of drug-likeness (QED) is 0.888. The standard InChI is InChI=1S/C17H17NO6/c19-15(20)14-8-17(22,13-6-7-23-10-13)11-18(14)16(21)24-9-12-4-2-1-3-5-12/h1-7,10,14,22H,8-9,11H2,(H,19,20)/t14-,17?/m0/s1. The molecule has 1 amide bonds. The highest BCUT2D eigenvalue weighted by Gasteiger charge is 2.50. The first kappa shape index (κ1) is 16.1. The lowest BCUT2D eigenvalue weighted by Gasteiger charge is -2.22. The first-order chi connectivity index (χ1) is 11.5. The Hall–Kier alpha value is -2.80. The highest BCUT2D eigenvalue weighted by molar-refractivity contribution is 5.81. The van der Waals surface area contributed by atoms with Crippen LogP contribution in [0.25, 0.3) is 0 Å². The summed E-state index contributed by atoms with van der Waals surface area (Å²) in [6, 6.07) is 9.47. The third kappa shape index (κ3) is 3.11. The summed E-state index contributed by atoms with van der Waals surface area (Å²) >= 11 is 0. The van der Waals surface area contributed by atoms with Gasteiger partial charge < -0.3 is 19.4 Å². The largest absolute Gasteiger partial charge is 0.480 e. The molecule has 0 spiro atoms. The van der Waals surface area contributed by atoms with E-state index in [9.17, 15) is 19.8 Å². The number of ether oxygens (including phenoxy) is 1. The molecule has 2 heterocycles. The Morgan fingerprint density at radius 1 is 1.29 bits per heavy atom. The number of β-amino-alcohol motifs (C(OH)–C–C–N with tert-alkyl or cyclic N) is 1. The summed E-state index contributed by atoms with van der Waals surface area (Å²) in [5.74, 6) is -1.19. The minimum Gasteiger partial charge on any atom is -0.480 e. The van der Waals surface area contributed by atoms with Crippen molar-refractivity contribution in [2.75, 3.05) is 6.54 Å². The molecule has 2 atom stereocenters. The van der Waals surface area contributed by atoms with Crippen LogP contribution in [0.1, 0.15) is 17.5 Å². The number of benzene rings is 1. The fraction of sp³-hybridized carbons (Fsp3) is 0.294. The summed E-state index contributed by atoms with van der Waals surface area (Å²) in [6.45, 7) is -0.135. The topological polar surface area (TPSA) is 100 Å². The lowest BCUT2D eigenvalue weighted by atomic mass is 9.93. The van der Waals surface area contributed by atoms with Gasteiger partial charge >= 0.3 is 12.1 Å². The molecule has 1 aromatic heterocycles. The van der Waals surface area contributed by atoms with Crippen LogP contribution in [0.2, 0.25) is 0 Å². The van der Waals surface area contributed by atoms with Crippen molar-refractivity contribution in [2.24, 2.45) is 0 Å². The number of carboxylic acid groups (broad SMARTS) is 1. The molecule has 7 nitrogen and oxygen atoms in total. The number of aliphatic hydroxyl groups is 1. The predicted molar refractivity (Wildman–Crippen MR) is 82.0 cm³/mol. The zero-order valence-corrected chi connectivity index (χ0v) is 12.8. The van der Waals surface area contributed by atoms with E-state index in [4.69, 9.17) is 9.15 Å². The van der Waals surface area contributed by atoms with Gasteiger partial charge in [-0.25, -0.2) is 9.59 Å². The SMILES string of the molecule is O=C(O)[C@@H]1CC(O)(c2ccoc2)CN1C(=O)OCc1ccccc1. The number of likely N-dealkylation sites (tertiary alicyclic amines) is 1. The molecule has 1 unspecified atom stereocenters. The molecule has 1 aliphatic rings. The third-order valence-corrected chi connectivity index (χ3v) is 4.12. The lowest BCUT2D eigenvalue weighted by molar-refractivity contribution is -0.141. The smallest absolute Gasteiger partial charge is 0.410 e. The van der Waals surface area contributed by atoms with Crippen LogP contribution >= 0.6 is 0 Å². The van der Waals surface area contributed by atoms with Crippen molar-refractivity contribution < 1.29 is 29.0 Å². The third-order valence-electron chi connectivity index (χ3n) is 4.12. The summed E-state index contributed by atoms with van der Waals surface area (Å²) in [5, 5.41) is 20.1. The van der Waals surface area contributed by atoms with Crippen molar-refractivity contribution in [1.82, 2.24) is 4.90 Å². The summed E-state index contributed by atoms with van der Waals surface area (Å²) < 4.78 is 10.1. The monoisotopic (exact) mass is 331 g/mol. The fourth-order valence-corrected chi connectivity index (χ4v) is 2.84. The van der Waals surface area contributed by atoms with Crippen LogP contribution in [0.3, 0.4) is 0 Å². The molecule has 2 aromatic rings. The Kier molecular flexibility index (Phi) is 4.26. The minimum atomic E-state index is -1.47. The maximum absolute atomic E-state index is 12.3. The Balaban J connectivity index is 1.73. The van der Waals surface area contributed by atoms with E-state index in [-0.39, 0.29) is 19.6 Å². The van der Waals surface area contributed by atoms with Crippen molar-refractivity contribution in [3.05, 3.63) is 60.1 Å². The number of nitrogens with zero attached hydrogens (tertiary/aromatic N) is 1. The number of carbonyl (C=O) groups is 2. The summed E-state index contributed by atoms with van der Waals surface area (Å²) in [7, 11) is 0. The molecule has 0 radical (unpaired) electrons. The predicted octanol–water partition coefficient (Wildman–Crippen LogP) is 1.96. The van der Waals surface area contributed by atoms with E-state index in [1.807, 2.05) is 18.2 Å². The number of carboxylic acids is 1. The molecular weight excluding hydrogens is 314 g/mol. The zero-order chi connectivity index (χ0) is 17.2. The van der Waals surface area contributed by atoms with Gasteiger partial charge in [0.1, 0.15) is 18.2 Å². The molecular formula is C17H17NO6. The van der Waals surface area contributed by atoms with Gasteiger partial charge in [0.25, 0.3) is 0 Å². The lowest BCUT2D eigenvalue weighted by Crippen LogP contribution is -2.41. The van der Waals surface area contributed by atoms with E-state index >= 15 is 0 Å². The first-order valence-electron chi connectivity index (χ1n) is 7.45. The van der Waals surface area contributed by atoms with Crippen LogP contribution in [-0.2, 0) is 21.7 Å². The summed E-state index contributed by atoms with van der Waals surface area (Å²) in [6.07, 6.45) is 1.84. The van der Waals surface area contributed by atoms with E-state index in [1.54, 1.807) is 18.2 Å². The van der Waals surface area contributed by atoms with Gasteiger partial charge in [-0.1, -0.05) is 30.3 Å². The number of rotatable bonds is 4. The minimum absolute atomic E-state index is 0.0344. The average Bonchev–Trinajstić information content (AvgIpc) is 3.22. The Labute approximate surface area is 138 Å². The van der Waals surface area contributed by atoms with Crippen molar-refractivity contribution >= 4 is 12.1 Å². The number of furan rings is 1. The van der Waals surface area contributed by atoms with Gasteiger partial charge in [0.05, 0.1) is 19.1 Å². The van der Waals surface area contributed by atoms with Gasteiger partial charge in [0, 0.05) is 12.0 Å². The van der Waals surface area contributed by atoms with Crippen LogP contribution in [0.15, 0.2) is 53.3 Å². The molecule has 0 aliphatic carbocycles. The summed E-state index contributed by atoms with van der Waals surface area (Å²) in [4.78, 5) is 24.8. The molecule has 1 fully saturated rings. The molecule has 24 heavy (non-hydrogen) atoms. The second-order valence-corrected chi connectivity index (χ2v) is 5.77. The van der Waals surface area contributed by atoms with Gasteiger partial charge in [0.15, 0.2) is 0 Å². The average molecular weight is 331 g/mol. The summed E-state index contributed by atoms with van der Waals surface area (Å²) in [5.41, 5.74) is -0.240. The molecule has 2 N–H and O–H groups in total.